The minimum absolute atomic E-state index is 0.0340. The number of carbonyl (C=O) groups excluding carboxylic acids is 1. The van der Waals surface area contributed by atoms with Crippen LogP contribution in [-0.2, 0) is 16.1 Å². The van der Waals surface area contributed by atoms with Gasteiger partial charge in [0.25, 0.3) is 5.56 Å². The summed E-state index contributed by atoms with van der Waals surface area (Å²) in [5.41, 5.74) is 2.78. The first kappa shape index (κ1) is 29.7. The maximum absolute atomic E-state index is 13.7. The van der Waals surface area contributed by atoms with Crippen LogP contribution in [0.4, 0.5) is 0 Å². The van der Waals surface area contributed by atoms with Crippen LogP contribution in [0.2, 0.25) is 0 Å². The van der Waals surface area contributed by atoms with E-state index in [4.69, 9.17) is 23.9 Å². The highest BCUT2D eigenvalue weighted by Crippen LogP contribution is 2.36. The van der Waals surface area contributed by atoms with Crippen LogP contribution in [0.3, 0.4) is 0 Å². The number of aromatic hydroxyl groups is 1. The van der Waals surface area contributed by atoms with Gasteiger partial charge in [-0.05, 0) is 67.8 Å². The highest BCUT2D eigenvalue weighted by molar-refractivity contribution is 7.07. The van der Waals surface area contributed by atoms with Crippen LogP contribution in [0.25, 0.3) is 11.8 Å². The molecule has 0 aliphatic carbocycles. The Hall–Kier alpha value is -4.83. The van der Waals surface area contributed by atoms with Gasteiger partial charge in [0.15, 0.2) is 27.8 Å². The molecule has 9 nitrogen and oxygen atoms in total. The number of phenols is 1. The smallest absolute Gasteiger partial charge is 0.338 e. The summed E-state index contributed by atoms with van der Waals surface area (Å²) >= 11 is 1.22. The second-order valence-corrected chi connectivity index (χ2v) is 10.6. The molecule has 1 aromatic heterocycles. The molecule has 1 aliphatic rings. The Bertz CT molecular complexity index is 1860. The molecule has 43 heavy (non-hydrogen) atoms. The Morgan fingerprint density at radius 3 is 2.51 bits per heavy atom. The van der Waals surface area contributed by atoms with Crippen LogP contribution in [-0.4, -0.2) is 36.0 Å². The van der Waals surface area contributed by atoms with Crippen LogP contribution in [0.15, 0.2) is 82.1 Å². The number of methoxy groups -OCH3 is 1. The zero-order valence-corrected chi connectivity index (χ0v) is 25.1. The lowest BCUT2D eigenvalue weighted by atomic mass is 9.96. The molecule has 0 radical (unpaired) electrons. The summed E-state index contributed by atoms with van der Waals surface area (Å²) in [5, 5.41) is 10.1. The number of thiazole rings is 1. The Kier molecular flexibility index (Phi) is 8.96. The van der Waals surface area contributed by atoms with Crippen molar-refractivity contribution in [2.45, 2.75) is 33.4 Å². The maximum atomic E-state index is 13.7. The molecule has 4 aromatic rings. The lowest BCUT2D eigenvalue weighted by Crippen LogP contribution is -2.35. The molecule has 0 spiro atoms. The van der Waals surface area contributed by atoms with E-state index in [1.54, 1.807) is 32.1 Å². The third-order valence-electron chi connectivity index (χ3n) is 6.86. The molecule has 1 atom stereocenters. The van der Waals surface area contributed by atoms with E-state index in [1.165, 1.54) is 29.1 Å². The quantitative estimate of drug-likeness (QED) is 0.265. The Morgan fingerprint density at radius 1 is 1.00 bits per heavy atom. The van der Waals surface area contributed by atoms with Gasteiger partial charge in [-0.1, -0.05) is 53.8 Å². The first-order valence-corrected chi connectivity index (χ1v) is 14.7. The number of carbonyl (C=O) groups is 1. The molecular formula is C33H32N2O7S. The average Bonchev–Trinajstić information content (AvgIpc) is 3.32. The first-order chi connectivity index (χ1) is 20.8. The van der Waals surface area contributed by atoms with E-state index in [-0.39, 0.29) is 29.2 Å². The molecule has 0 amide bonds. The van der Waals surface area contributed by atoms with Crippen molar-refractivity contribution in [2.75, 3.05) is 20.3 Å². The molecule has 0 unspecified atom stereocenters. The zero-order chi connectivity index (χ0) is 30.5. The second kappa shape index (κ2) is 13.0. The predicted molar refractivity (Wildman–Crippen MR) is 164 cm³/mol. The summed E-state index contributed by atoms with van der Waals surface area (Å²) in [5.74, 6) is 0.819. The van der Waals surface area contributed by atoms with Crippen LogP contribution in [0.5, 0.6) is 23.0 Å². The van der Waals surface area contributed by atoms with E-state index < -0.39 is 12.0 Å². The number of rotatable bonds is 10. The van der Waals surface area contributed by atoms with Crippen molar-refractivity contribution in [1.29, 1.82) is 0 Å². The molecular weight excluding hydrogens is 568 g/mol. The van der Waals surface area contributed by atoms with E-state index in [0.29, 0.717) is 45.3 Å². The van der Waals surface area contributed by atoms with Crippen LogP contribution < -0.4 is 29.1 Å². The van der Waals surface area contributed by atoms with E-state index in [9.17, 15) is 14.7 Å². The molecule has 3 aromatic carbocycles. The molecule has 5 rings (SSSR count). The zero-order valence-electron chi connectivity index (χ0n) is 24.3. The van der Waals surface area contributed by atoms with Crippen LogP contribution in [0, 0.1) is 0 Å². The number of hydrogen-bond donors (Lipinski definition) is 1. The fourth-order valence-corrected chi connectivity index (χ4v) is 5.85. The maximum Gasteiger partial charge on any atom is 0.338 e. The SMILES string of the molecule is CCOC(=O)C1=C(C)n2c(s/c(=C\c3ccc(OCc4ccccc4)c(OCC)c3)c2=O)=N[C@H]1c1ccc(O)c(OC)c1. The van der Waals surface area contributed by atoms with E-state index in [2.05, 4.69) is 0 Å². The van der Waals surface area contributed by atoms with E-state index in [1.807, 2.05) is 55.5 Å². The monoisotopic (exact) mass is 600 g/mol. The van der Waals surface area contributed by atoms with Gasteiger partial charge in [0.05, 0.1) is 30.4 Å². The number of benzene rings is 3. The Balaban J connectivity index is 1.57. The number of aromatic nitrogens is 1. The topological polar surface area (TPSA) is 109 Å². The van der Waals surface area contributed by atoms with Crippen molar-refractivity contribution in [2.24, 2.45) is 4.99 Å². The lowest BCUT2D eigenvalue weighted by Gasteiger charge is -2.22. The molecule has 2 heterocycles. The number of phenolic OH excluding ortho intramolecular Hbond substituents is 1. The first-order valence-electron chi connectivity index (χ1n) is 13.8. The van der Waals surface area contributed by atoms with E-state index >= 15 is 0 Å². The van der Waals surface area contributed by atoms with Crippen molar-refractivity contribution < 1.29 is 28.8 Å². The number of nitrogens with zero attached hydrogens (tertiary/aromatic N) is 2. The summed E-state index contributed by atoms with van der Waals surface area (Å²) in [6.07, 6.45) is 1.77. The third kappa shape index (κ3) is 6.19. The van der Waals surface area contributed by atoms with Gasteiger partial charge < -0.3 is 24.1 Å². The van der Waals surface area contributed by atoms with Crippen molar-refractivity contribution in [1.82, 2.24) is 4.57 Å². The van der Waals surface area contributed by atoms with Crippen LogP contribution in [0.1, 0.15) is 43.5 Å². The molecule has 222 valence electrons. The number of fused-ring (bicyclic) bond motifs is 1. The largest absolute Gasteiger partial charge is 0.504 e. The minimum Gasteiger partial charge on any atom is -0.504 e. The van der Waals surface area contributed by atoms with E-state index in [0.717, 1.165) is 11.1 Å². The highest BCUT2D eigenvalue weighted by Gasteiger charge is 2.32. The Morgan fingerprint density at radius 2 is 1.79 bits per heavy atom. The number of allylic oxidation sites excluding steroid dienone is 1. The van der Waals surface area contributed by atoms with Gasteiger partial charge in [0.1, 0.15) is 12.6 Å². The normalized spacial score (nSPS) is 14.6. The van der Waals surface area contributed by atoms with Crippen molar-refractivity contribution in [3.63, 3.8) is 0 Å². The minimum atomic E-state index is -0.759. The molecule has 10 heteroatoms. The summed E-state index contributed by atoms with van der Waals surface area (Å²) in [4.78, 5) is 32.1. The highest BCUT2D eigenvalue weighted by atomic mass is 32.1. The second-order valence-electron chi connectivity index (χ2n) is 9.63. The molecule has 0 fully saturated rings. The number of ether oxygens (including phenoxy) is 4. The van der Waals surface area contributed by atoms with Gasteiger partial charge in [0, 0.05) is 5.70 Å². The summed E-state index contributed by atoms with van der Waals surface area (Å²) in [6.45, 7) is 6.33. The molecule has 0 saturated heterocycles. The molecule has 1 N–H and O–H groups in total. The van der Waals surface area contributed by atoms with Crippen LogP contribution >= 0.6 is 11.3 Å². The van der Waals surface area contributed by atoms with Crippen molar-refractivity contribution in [3.05, 3.63) is 109 Å². The van der Waals surface area contributed by atoms with Crippen molar-refractivity contribution in [3.8, 4) is 23.0 Å². The van der Waals surface area contributed by atoms with Gasteiger partial charge in [-0.25, -0.2) is 9.79 Å². The molecule has 0 bridgehead atoms. The van der Waals surface area contributed by atoms with Gasteiger partial charge >= 0.3 is 5.97 Å². The third-order valence-corrected chi connectivity index (χ3v) is 7.84. The van der Waals surface area contributed by atoms with Gasteiger partial charge in [-0.2, -0.15) is 0 Å². The number of esters is 1. The fraction of sp³-hybridized carbons (Fsp3) is 0.242. The van der Waals surface area contributed by atoms with Crippen molar-refractivity contribution >= 4 is 29.1 Å². The Labute approximate surface area is 252 Å². The number of hydrogen-bond acceptors (Lipinski definition) is 9. The lowest BCUT2D eigenvalue weighted by molar-refractivity contribution is -0.138. The predicted octanol–water partition coefficient (Wildman–Crippen LogP) is 4.60. The van der Waals surface area contributed by atoms with Gasteiger partial charge in [-0.15, -0.1) is 0 Å². The van der Waals surface area contributed by atoms with Gasteiger partial charge in [-0.3, -0.25) is 9.36 Å². The molecule has 0 saturated carbocycles. The standard InChI is InChI=1S/C33H32N2O7S/c1-5-40-27-16-22(12-15-25(27)42-19-21-10-8-7-9-11-21)17-28-31(37)35-20(3)29(32(38)41-6-2)30(34-33(35)43-28)23-13-14-24(36)26(18-23)39-4/h7-18,30,36H,5-6,19H2,1-4H3/b28-17-/t30-/m0/s1. The average molecular weight is 601 g/mol. The summed E-state index contributed by atoms with van der Waals surface area (Å²) in [7, 11) is 1.45. The molecule has 1 aliphatic heterocycles. The fourth-order valence-electron chi connectivity index (χ4n) is 4.81. The van der Waals surface area contributed by atoms with Gasteiger partial charge in [0.2, 0.25) is 0 Å². The summed E-state index contributed by atoms with van der Waals surface area (Å²) in [6, 6.07) is 19.4. The summed E-state index contributed by atoms with van der Waals surface area (Å²) < 4.78 is 24.4.